The molecule has 0 aliphatic carbocycles. The highest BCUT2D eigenvalue weighted by atomic mass is 19.4. The quantitative estimate of drug-likeness (QED) is 0.417. The Morgan fingerprint density at radius 2 is 1.00 bits per heavy atom. The molecular weight excluding hydrogens is 518 g/mol. The van der Waals surface area contributed by atoms with Gasteiger partial charge in [-0.2, -0.15) is 70.2 Å². The number of hydrogen-bond donors (Lipinski definition) is 0. The third-order valence-corrected chi connectivity index (χ3v) is 4.21. The van der Waals surface area contributed by atoms with Gasteiger partial charge in [-0.3, -0.25) is 0 Å². The number of hydrogen-bond acceptors (Lipinski definition) is 2. The highest BCUT2D eigenvalue weighted by molar-refractivity contribution is 5.25. The van der Waals surface area contributed by atoms with E-state index in [1.54, 1.807) is 0 Å². The standard InChI is InChI=1S/C12H6F18O2/c1-2-31-8(6(16,11(25,26)27)12(28,29)30)7(17,18)5(14,15)3(32-8)4(13,9(19,20)21)10(22,23)24/h3H,2H2,1H3. The van der Waals surface area contributed by atoms with Gasteiger partial charge in [-0.25, -0.2) is 8.78 Å². The Hall–Kier alpha value is -1.34. The molecule has 0 N–H and O–H groups in total. The summed E-state index contributed by atoms with van der Waals surface area (Å²) in [7, 11) is 0. The Morgan fingerprint density at radius 1 is 0.656 bits per heavy atom. The first-order valence-electron chi connectivity index (χ1n) is 7.37. The highest BCUT2D eigenvalue weighted by Gasteiger charge is 3.00. The Balaban J connectivity index is 4.18. The molecule has 1 aliphatic rings. The number of rotatable bonds is 4. The van der Waals surface area contributed by atoms with Crippen LogP contribution in [-0.2, 0) is 9.47 Å². The summed E-state index contributed by atoms with van der Waals surface area (Å²) in [6.45, 7) is -2.00. The monoisotopic (exact) mass is 524 g/mol. The fourth-order valence-electron chi connectivity index (χ4n) is 2.75. The molecule has 0 spiro atoms. The van der Waals surface area contributed by atoms with Crippen LogP contribution in [0.25, 0.3) is 0 Å². The van der Waals surface area contributed by atoms with E-state index in [-0.39, 0.29) is 6.92 Å². The van der Waals surface area contributed by atoms with Crippen LogP contribution in [0.2, 0.25) is 0 Å². The molecule has 0 amide bonds. The molecule has 1 fully saturated rings. The normalized spacial score (nSPS) is 27.7. The van der Waals surface area contributed by atoms with Crippen molar-refractivity contribution in [1.82, 2.24) is 0 Å². The smallest absolute Gasteiger partial charge is 0.342 e. The molecule has 20 heteroatoms. The van der Waals surface area contributed by atoms with Gasteiger partial charge in [0.05, 0.1) is 0 Å². The Bertz CT molecular complexity index is 671. The van der Waals surface area contributed by atoms with E-state index in [2.05, 4.69) is 9.47 Å². The maximum absolute atomic E-state index is 14.3. The predicted octanol–water partition coefficient (Wildman–Crippen LogP) is 6.05. The molecule has 1 saturated heterocycles. The Kier molecular flexibility index (Phi) is 6.35. The second kappa shape index (κ2) is 7.08. The van der Waals surface area contributed by atoms with Crippen molar-refractivity contribution in [2.45, 2.75) is 66.7 Å². The zero-order valence-corrected chi connectivity index (χ0v) is 14.4. The van der Waals surface area contributed by atoms with Crippen LogP contribution in [0, 0.1) is 0 Å². The lowest BCUT2D eigenvalue weighted by Gasteiger charge is -2.45. The molecule has 192 valence electrons. The third kappa shape index (κ3) is 3.21. The van der Waals surface area contributed by atoms with Gasteiger partial charge in [-0.05, 0) is 6.92 Å². The van der Waals surface area contributed by atoms with Gasteiger partial charge in [0.1, 0.15) is 0 Å². The zero-order valence-electron chi connectivity index (χ0n) is 14.4. The summed E-state index contributed by atoms with van der Waals surface area (Å²) < 4.78 is 244. The minimum absolute atomic E-state index is 0.107. The summed E-state index contributed by atoms with van der Waals surface area (Å²) >= 11 is 0. The van der Waals surface area contributed by atoms with E-state index in [0.717, 1.165) is 0 Å². The average Bonchev–Trinajstić information content (AvgIpc) is 2.67. The van der Waals surface area contributed by atoms with Gasteiger partial charge >= 0.3 is 47.9 Å². The van der Waals surface area contributed by atoms with Gasteiger partial charge in [0.2, 0.25) is 0 Å². The lowest BCUT2D eigenvalue weighted by molar-refractivity contribution is -0.473. The SMILES string of the molecule is CCOC1(C(F)(C(F)(F)F)C(F)(F)F)OC(C(F)(C(F)(F)F)C(F)(F)F)C(F)(F)C1(F)F. The van der Waals surface area contributed by atoms with Crippen LogP contribution >= 0.6 is 0 Å². The number of halogens is 18. The summed E-state index contributed by atoms with van der Waals surface area (Å²) in [6, 6.07) is 0. The molecular formula is C12H6F18O2. The third-order valence-electron chi connectivity index (χ3n) is 4.21. The van der Waals surface area contributed by atoms with Crippen LogP contribution in [0.3, 0.4) is 0 Å². The van der Waals surface area contributed by atoms with E-state index >= 15 is 0 Å². The minimum atomic E-state index is -7.89. The first-order valence-corrected chi connectivity index (χ1v) is 7.37. The number of alkyl halides is 18. The van der Waals surface area contributed by atoms with Gasteiger partial charge in [0.25, 0.3) is 5.79 Å². The van der Waals surface area contributed by atoms with Crippen LogP contribution in [0.4, 0.5) is 79.0 Å². The van der Waals surface area contributed by atoms with Crippen LogP contribution in [-0.4, -0.2) is 66.4 Å². The molecule has 32 heavy (non-hydrogen) atoms. The number of ether oxygens (including phenoxy) is 2. The predicted molar refractivity (Wildman–Crippen MR) is 61.0 cm³/mol. The second-order valence-electron chi connectivity index (χ2n) is 6.11. The molecule has 0 aromatic rings. The molecule has 1 heterocycles. The van der Waals surface area contributed by atoms with Gasteiger partial charge in [-0.15, -0.1) is 0 Å². The van der Waals surface area contributed by atoms with Crippen molar-refractivity contribution in [2.24, 2.45) is 0 Å². The molecule has 0 radical (unpaired) electrons. The van der Waals surface area contributed by atoms with Crippen LogP contribution in [0.15, 0.2) is 0 Å². The maximum Gasteiger partial charge on any atom is 0.437 e. The van der Waals surface area contributed by atoms with Crippen molar-refractivity contribution < 1.29 is 88.5 Å². The van der Waals surface area contributed by atoms with Crippen molar-refractivity contribution in [3.63, 3.8) is 0 Å². The summed E-state index contributed by atoms with van der Waals surface area (Å²) in [5.41, 5.74) is -15.6. The van der Waals surface area contributed by atoms with Crippen LogP contribution in [0.5, 0.6) is 0 Å². The van der Waals surface area contributed by atoms with Gasteiger partial charge < -0.3 is 9.47 Å². The lowest BCUT2D eigenvalue weighted by Crippen LogP contribution is -2.75. The van der Waals surface area contributed by atoms with Crippen LogP contribution in [0.1, 0.15) is 6.92 Å². The van der Waals surface area contributed by atoms with E-state index < -0.39 is 66.4 Å². The summed E-state index contributed by atoms with van der Waals surface area (Å²) in [5, 5.41) is 0. The summed E-state index contributed by atoms with van der Waals surface area (Å²) in [6.07, 6.45) is -37.4. The maximum atomic E-state index is 14.3. The molecule has 2 unspecified atom stereocenters. The minimum Gasteiger partial charge on any atom is -0.342 e. The van der Waals surface area contributed by atoms with Gasteiger partial charge in [-0.1, -0.05) is 0 Å². The van der Waals surface area contributed by atoms with E-state index in [1.165, 1.54) is 0 Å². The first kappa shape index (κ1) is 28.7. The second-order valence-corrected chi connectivity index (χ2v) is 6.11. The zero-order chi connectivity index (χ0) is 26.2. The topological polar surface area (TPSA) is 18.5 Å². The fourth-order valence-corrected chi connectivity index (χ4v) is 2.75. The first-order chi connectivity index (χ1) is 13.6. The summed E-state index contributed by atoms with van der Waals surface area (Å²) in [4.78, 5) is 0. The van der Waals surface area contributed by atoms with E-state index in [9.17, 15) is 79.0 Å². The van der Waals surface area contributed by atoms with Crippen molar-refractivity contribution in [3.8, 4) is 0 Å². The van der Waals surface area contributed by atoms with Gasteiger partial charge in [0.15, 0.2) is 6.10 Å². The average molecular weight is 524 g/mol. The van der Waals surface area contributed by atoms with Gasteiger partial charge in [0, 0.05) is 6.61 Å². The molecule has 1 aliphatic heterocycles. The molecule has 0 aromatic heterocycles. The fraction of sp³-hybridized carbons (Fsp3) is 1.00. The molecule has 0 saturated carbocycles. The van der Waals surface area contributed by atoms with Crippen molar-refractivity contribution in [2.75, 3.05) is 6.61 Å². The molecule has 0 aromatic carbocycles. The van der Waals surface area contributed by atoms with Crippen molar-refractivity contribution >= 4 is 0 Å². The Labute approximate surface area is 163 Å². The molecule has 2 nitrogen and oxygen atoms in total. The highest BCUT2D eigenvalue weighted by Crippen LogP contribution is 2.69. The lowest BCUT2D eigenvalue weighted by atomic mass is 9.84. The van der Waals surface area contributed by atoms with E-state index in [0.29, 0.717) is 0 Å². The van der Waals surface area contributed by atoms with Crippen molar-refractivity contribution in [3.05, 3.63) is 0 Å². The van der Waals surface area contributed by atoms with Crippen LogP contribution < -0.4 is 0 Å². The van der Waals surface area contributed by atoms with E-state index in [4.69, 9.17) is 0 Å². The molecule has 0 bridgehead atoms. The van der Waals surface area contributed by atoms with Crippen molar-refractivity contribution in [1.29, 1.82) is 0 Å². The molecule has 1 rings (SSSR count). The van der Waals surface area contributed by atoms with E-state index in [1.807, 2.05) is 0 Å². The summed E-state index contributed by atoms with van der Waals surface area (Å²) in [5.74, 6) is -22.1. The molecule has 2 atom stereocenters. The Morgan fingerprint density at radius 3 is 1.25 bits per heavy atom. The largest absolute Gasteiger partial charge is 0.437 e.